The molecule has 0 saturated carbocycles. The van der Waals surface area contributed by atoms with Crippen LogP contribution in [0.5, 0.6) is 0 Å². The number of para-hydroxylation sites is 3. The summed E-state index contributed by atoms with van der Waals surface area (Å²) in [6.45, 7) is 0. The van der Waals surface area contributed by atoms with Crippen molar-refractivity contribution in [3.05, 3.63) is 182 Å². The predicted octanol–water partition coefficient (Wildman–Crippen LogP) is 13.6. The molecule has 3 heterocycles. The maximum atomic E-state index is 2.49. The first-order valence-electron chi connectivity index (χ1n) is 17.4. The topological polar surface area (TPSA) is 9.86 Å². The van der Waals surface area contributed by atoms with Crippen LogP contribution in [-0.4, -0.2) is 9.13 Å². The molecular formula is C48H30N2S. The standard InChI is InChI=1S/C48H30N2S/c1-3-13-31(14-4-1)33-23-28-46-39(29-33)38-25-27-45-47(48(38)51-46)40-30-34(49-42-21-11-8-18-36(42)37-19-9-12-22-43(37)49)24-26-44(40)50(45)41-20-10-7-17-35(41)32-15-5-2-6-16-32/h1-30H. The number of nitrogens with zero attached hydrogens (tertiary/aromatic N) is 2. The van der Waals surface area contributed by atoms with E-state index in [-0.39, 0.29) is 0 Å². The van der Waals surface area contributed by atoms with Gasteiger partial charge in [-0.3, -0.25) is 0 Å². The maximum Gasteiger partial charge on any atom is 0.0556 e. The van der Waals surface area contributed by atoms with Crippen LogP contribution in [0.25, 0.3) is 97.4 Å². The van der Waals surface area contributed by atoms with Gasteiger partial charge in [-0.15, -0.1) is 11.3 Å². The number of aromatic nitrogens is 2. The summed E-state index contributed by atoms with van der Waals surface area (Å²) in [5.41, 5.74) is 12.1. The number of rotatable bonds is 4. The molecule has 11 rings (SSSR count). The van der Waals surface area contributed by atoms with Gasteiger partial charge in [0, 0.05) is 53.0 Å². The molecule has 0 fully saturated rings. The van der Waals surface area contributed by atoms with Gasteiger partial charge in [0.25, 0.3) is 0 Å². The van der Waals surface area contributed by atoms with Gasteiger partial charge in [-0.1, -0.05) is 127 Å². The van der Waals surface area contributed by atoms with E-state index in [2.05, 4.69) is 191 Å². The molecule has 3 heteroatoms. The molecule has 0 amide bonds. The second-order valence-electron chi connectivity index (χ2n) is 13.3. The van der Waals surface area contributed by atoms with Gasteiger partial charge in [-0.05, 0) is 71.3 Å². The van der Waals surface area contributed by atoms with Gasteiger partial charge in [0.05, 0.1) is 27.8 Å². The fourth-order valence-corrected chi connectivity index (χ4v) is 9.50. The summed E-state index contributed by atoms with van der Waals surface area (Å²) in [6.07, 6.45) is 0. The number of benzene rings is 8. The van der Waals surface area contributed by atoms with Gasteiger partial charge in [-0.25, -0.2) is 0 Å². The molecule has 0 N–H and O–H groups in total. The molecule has 2 nitrogen and oxygen atoms in total. The smallest absolute Gasteiger partial charge is 0.0556 e. The monoisotopic (exact) mass is 666 g/mol. The lowest BCUT2D eigenvalue weighted by atomic mass is 10.0. The Hall–Kier alpha value is -6.42. The largest absolute Gasteiger partial charge is 0.309 e. The van der Waals surface area contributed by atoms with Crippen LogP contribution in [0.1, 0.15) is 0 Å². The number of hydrogen-bond acceptors (Lipinski definition) is 1. The second-order valence-corrected chi connectivity index (χ2v) is 14.4. The zero-order valence-corrected chi connectivity index (χ0v) is 28.4. The van der Waals surface area contributed by atoms with E-state index in [1.807, 2.05) is 11.3 Å². The summed E-state index contributed by atoms with van der Waals surface area (Å²) in [5.74, 6) is 0. The summed E-state index contributed by atoms with van der Waals surface area (Å²) in [7, 11) is 0. The van der Waals surface area contributed by atoms with E-state index >= 15 is 0 Å². The van der Waals surface area contributed by atoms with Crippen LogP contribution in [0.4, 0.5) is 0 Å². The lowest BCUT2D eigenvalue weighted by Crippen LogP contribution is -1.98. The molecule has 0 aliphatic heterocycles. The summed E-state index contributed by atoms with van der Waals surface area (Å²) in [4.78, 5) is 0. The molecule has 0 aliphatic rings. The Morgan fingerprint density at radius 3 is 1.75 bits per heavy atom. The minimum Gasteiger partial charge on any atom is -0.309 e. The lowest BCUT2D eigenvalue weighted by Gasteiger charge is -2.14. The van der Waals surface area contributed by atoms with Crippen molar-refractivity contribution in [2.45, 2.75) is 0 Å². The van der Waals surface area contributed by atoms with E-state index in [9.17, 15) is 0 Å². The molecule has 0 saturated heterocycles. The molecule has 0 spiro atoms. The fourth-order valence-electron chi connectivity index (χ4n) is 8.27. The molecule has 11 aromatic rings. The highest BCUT2D eigenvalue weighted by molar-refractivity contribution is 7.26. The molecule has 0 aliphatic carbocycles. The first-order valence-corrected chi connectivity index (χ1v) is 18.3. The SMILES string of the molecule is c1ccc(-c2ccc3sc4c(ccc5c4c4cc(-n6c7ccccc7c7ccccc76)ccc4n5-c4ccccc4-c4ccccc4)c3c2)cc1. The zero-order chi connectivity index (χ0) is 33.5. The van der Waals surface area contributed by atoms with Crippen molar-refractivity contribution in [3.8, 4) is 33.6 Å². The Balaban J connectivity index is 1.26. The predicted molar refractivity (Wildman–Crippen MR) is 219 cm³/mol. The summed E-state index contributed by atoms with van der Waals surface area (Å²) < 4.78 is 7.55. The summed E-state index contributed by atoms with van der Waals surface area (Å²) in [6, 6.07) is 66.5. The Morgan fingerprint density at radius 2 is 0.980 bits per heavy atom. The molecule has 8 aromatic carbocycles. The Labute approximate surface area is 298 Å². The van der Waals surface area contributed by atoms with Gasteiger partial charge in [0.1, 0.15) is 0 Å². The van der Waals surface area contributed by atoms with Crippen molar-refractivity contribution < 1.29 is 0 Å². The fraction of sp³-hybridized carbons (Fsp3) is 0. The number of thiophene rings is 1. The van der Waals surface area contributed by atoms with Crippen LogP contribution in [0, 0.1) is 0 Å². The van der Waals surface area contributed by atoms with Crippen LogP contribution >= 0.6 is 11.3 Å². The van der Waals surface area contributed by atoms with Crippen molar-refractivity contribution in [2.75, 3.05) is 0 Å². The highest BCUT2D eigenvalue weighted by atomic mass is 32.1. The van der Waals surface area contributed by atoms with E-state index in [4.69, 9.17) is 0 Å². The van der Waals surface area contributed by atoms with E-state index in [1.54, 1.807) is 0 Å². The van der Waals surface area contributed by atoms with Crippen LogP contribution < -0.4 is 0 Å². The van der Waals surface area contributed by atoms with Gasteiger partial charge in [0.2, 0.25) is 0 Å². The highest BCUT2D eigenvalue weighted by Crippen LogP contribution is 2.46. The first kappa shape index (κ1) is 28.4. The molecule has 0 atom stereocenters. The molecule has 0 radical (unpaired) electrons. The number of hydrogen-bond donors (Lipinski definition) is 0. The molecule has 238 valence electrons. The lowest BCUT2D eigenvalue weighted by molar-refractivity contribution is 1.17. The molecule has 3 aromatic heterocycles. The van der Waals surface area contributed by atoms with Crippen molar-refractivity contribution in [1.29, 1.82) is 0 Å². The van der Waals surface area contributed by atoms with Crippen molar-refractivity contribution >= 4 is 75.1 Å². The third-order valence-corrected chi connectivity index (χ3v) is 11.7. The van der Waals surface area contributed by atoms with Gasteiger partial charge in [-0.2, -0.15) is 0 Å². The van der Waals surface area contributed by atoms with Crippen LogP contribution in [0.15, 0.2) is 182 Å². The van der Waals surface area contributed by atoms with Crippen molar-refractivity contribution in [3.63, 3.8) is 0 Å². The van der Waals surface area contributed by atoms with E-state index in [0.717, 1.165) is 0 Å². The van der Waals surface area contributed by atoms with E-state index in [1.165, 1.54) is 97.4 Å². The van der Waals surface area contributed by atoms with Gasteiger partial charge >= 0.3 is 0 Å². The van der Waals surface area contributed by atoms with Crippen LogP contribution in [0.2, 0.25) is 0 Å². The quantitative estimate of drug-likeness (QED) is 0.177. The Kier molecular flexibility index (Phi) is 6.16. The van der Waals surface area contributed by atoms with Gasteiger partial charge in [0.15, 0.2) is 0 Å². The van der Waals surface area contributed by atoms with E-state index in [0.29, 0.717) is 0 Å². The highest BCUT2D eigenvalue weighted by Gasteiger charge is 2.21. The number of fused-ring (bicyclic) bond motifs is 10. The minimum atomic E-state index is 1.17. The normalized spacial score (nSPS) is 11.9. The van der Waals surface area contributed by atoms with E-state index < -0.39 is 0 Å². The van der Waals surface area contributed by atoms with Crippen LogP contribution in [-0.2, 0) is 0 Å². The molecular weight excluding hydrogens is 637 g/mol. The minimum absolute atomic E-state index is 1.17. The molecule has 51 heavy (non-hydrogen) atoms. The summed E-state index contributed by atoms with van der Waals surface area (Å²) in [5, 5.41) is 7.71. The van der Waals surface area contributed by atoms with Crippen molar-refractivity contribution in [2.24, 2.45) is 0 Å². The average Bonchev–Trinajstić information content (AvgIpc) is 3.85. The Morgan fingerprint density at radius 1 is 0.353 bits per heavy atom. The molecule has 0 unspecified atom stereocenters. The first-order chi connectivity index (χ1) is 25.3. The maximum absolute atomic E-state index is 2.49. The van der Waals surface area contributed by atoms with Crippen LogP contribution in [0.3, 0.4) is 0 Å². The van der Waals surface area contributed by atoms with Crippen molar-refractivity contribution in [1.82, 2.24) is 9.13 Å². The zero-order valence-electron chi connectivity index (χ0n) is 27.6. The second kappa shape index (κ2) is 11.0. The average molecular weight is 667 g/mol. The Bertz CT molecular complexity index is 3070. The third-order valence-electron chi connectivity index (χ3n) is 10.5. The van der Waals surface area contributed by atoms with Gasteiger partial charge < -0.3 is 9.13 Å². The summed E-state index contributed by atoms with van der Waals surface area (Å²) >= 11 is 1.91. The molecule has 0 bridgehead atoms. The third kappa shape index (κ3) is 4.22.